The summed E-state index contributed by atoms with van der Waals surface area (Å²) in [4.78, 5) is 11.6. The van der Waals surface area contributed by atoms with E-state index in [1.54, 1.807) is 0 Å². The summed E-state index contributed by atoms with van der Waals surface area (Å²) in [5, 5.41) is 4.77. The first-order valence-electron chi connectivity index (χ1n) is 7.72. The molecular formula is C16H28N4S. The molecule has 118 valence electrons. The summed E-state index contributed by atoms with van der Waals surface area (Å²) < 4.78 is 0. The monoisotopic (exact) mass is 308 g/mol. The molecule has 0 bridgehead atoms. The molecule has 4 nitrogen and oxygen atoms in total. The highest BCUT2D eigenvalue weighted by Crippen LogP contribution is 2.27. The third-order valence-corrected chi connectivity index (χ3v) is 4.81. The molecule has 0 aliphatic carbocycles. The van der Waals surface area contributed by atoms with Crippen molar-refractivity contribution in [1.29, 1.82) is 0 Å². The van der Waals surface area contributed by atoms with Crippen LogP contribution in [-0.4, -0.2) is 39.1 Å². The summed E-state index contributed by atoms with van der Waals surface area (Å²) >= 11 is 2.05. The van der Waals surface area contributed by atoms with E-state index in [9.17, 15) is 0 Å². The first-order valence-corrected chi connectivity index (χ1v) is 8.67. The lowest BCUT2D eigenvalue weighted by atomic mass is 10.1. The van der Waals surface area contributed by atoms with Crippen molar-refractivity contribution in [2.75, 3.05) is 18.0 Å². The average molecular weight is 308 g/mol. The second kappa shape index (κ2) is 6.53. The molecule has 1 N–H and O–H groups in total. The predicted octanol–water partition coefficient (Wildman–Crippen LogP) is 3.00. The Morgan fingerprint density at radius 3 is 2.43 bits per heavy atom. The van der Waals surface area contributed by atoms with Crippen molar-refractivity contribution >= 4 is 17.7 Å². The van der Waals surface area contributed by atoms with Crippen LogP contribution in [0.25, 0.3) is 0 Å². The molecule has 1 aromatic rings. The van der Waals surface area contributed by atoms with Crippen molar-refractivity contribution in [3.8, 4) is 0 Å². The number of hydrogen-bond donors (Lipinski definition) is 1. The van der Waals surface area contributed by atoms with Gasteiger partial charge in [0.1, 0.15) is 0 Å². The van der Waals surface area contributed by atoms with E-state index in [4.69, 9.17) is 4.98 Å². The fourth-order valence-electron chi connectivity index (χ4n) is 2.51. The van der Waals surface area contributed by atoms with Gasteiger partial charge in [0.05, 0.1) is 0 Å². The number of rotatable bonds is 3. The zero-order chi connectivity index (χ0) is 15.6. The van der Waals surface area contributed by atoms with Gasteiger partial charge < -0.3 is 10.2 Å². The molecular weight excluding hydrogens is 280 g/mol. The van der Waals surface area contributed by atoms with Crippen molar-refractivity contribution in [3.63, 3.8) is 0 Å². The topological polar surface area (TPSA) is 41.1 Å². The summed E-state index contributed by atoms with van der Waals surface area (Å²) in [7, 11) is 0. The van der Waals surface area contributed by atoms with Gasteiger partial charge in [0.15, 0.2) is 0 Å². The molecule has 0 aromatic carbocycles. The largest absolute Gasteiger partial charge is 0.339 e. The zero-order valence-electron chi connectivity index (χ0n) is 14.1. The summed E-state index contributed by atoms with van der Waals surface area (Å²) in [5.41, 5.74) is 2.37. The molecule has 1 aliphatic heterocycles. The number of thioether (sulfide) groups is 1. The molecule has 1 fully saturated rings. The maximum atomic E-state index is 4.73. The minimum Gasteiger partial charge on any atom is -0.339 e. The predicted molar refractivity (Wildman–Crippen MR) is 92.1 cm³/mol. The van der Waals surface area contributed by atoms with E-state index in [1.807, 2.05) is 6.20 Å². The molecule has 2 unspecified atom stereocenters. The minimum atomic E-state index is 0.111. The van der Waals surface area contributed by atoms with E-state index in [0.29, 0.717) is 10.5 Å². The van der Waals surface area contributed by atoms with Gasteiger partial charge in [-0.3, -0.25) is 0 Å². The first kappa shape index (κ1) is 16.6. The van der Waals surface area contributed by atoms with E-state index in [-0.39, 0.29) is 5.54 Å². The highest BCUT2D eigenvalue weighted by molar-refractivity contribution is 8.00. The summed E-state index contributed by atoms with van der Waals surface area (Å²) in [6, 6.07) is 0. The van der Waals surface area contributed by atoms with Crippen molar-refractivity contribution < 1.29 is 0 Å². The fraction of sp³-hybridized carbons (Fsp3) is 0.750. The summed E-state index contributed by atoms with van der Waals surface area (Å²) in [5.74, 6) is 0.881. The van der Waals surface area contributed by atoms with Crippen LogP contribution < -0.4 is 10.2 Å². The van der Waals surface area contributed by atoms with Crippen molar-refractivity contribution in [2.24, 2.45) is 0 Å². The van der Waals surface area contributed by atoms with Crippen molar-refractivity contribution in [1.82, 2.24) is 15.3 Å². The van der Waals surface area contributed by atoms with Crippen LogP contribution >= 0.6 is 11.8 Å². The highest BCUT2D eigenvalue weighted by atomic mass is 32.2. The van der Waals surface area contributed by atoms with E-state index in [1.165, 1.54) is 5.56 Å². The number of hydrogen-bond acceptors (Lipinski definition) is 5. The third-order valence-electron chi connectivity index (χ3n) is 3.58. The molecule has 0 spiro atoms. The van der Waals surface area contributed by atoms with Gasteiger partial charge in [0.25, 0.3) is 0 Å². The van der Waals surface area contributed by atoms with Gasteiger partial charge in [0.2, 0.25) is 5.95 Å². The van der Waals surface area contributed by atoms with Gasteiger partial charge in [-0.1, -0.05) is 13.8 Å². The summed E-state index contributed by atoms with van der Waals surface area (Å²) in [6.07, 6.45) is 1.98. The van der Waals surface area contributed by atoms with Crippen molar-refractivity contribution in [2.45, 2.75) is 64.1 Å². The Kier molecular flexibility index (Phi) is 5.15. The Morgan fingerprint density at radius 2 is 1.90 bits per heavy atom. The molecule has 2 atom stereocenters. The number of nitrogens with zero attached hydrogens (tertiary/aromatic N) is 3. The molecule has 1 aliphatic rings. The summed E-state index contributed by atoms with van der Waals surface area (Å²) in [6.45, 7) is 16.0. The minimum absolute atomic E-state index is 0.111. The molecule has 0 saturated carbocycles. The highest BCUT2D eigenvalue weighted by Gasteiger charge is 2.24. The van der Waals surface area contributed by atoms with Crippen LogP contribution in [0.15, 0.2) is 6.20 Å². The van der Waals surface area contributed by atoms with Gasteiger partial charge in [-0.25, -0.2) is 9.97 Å². The van der Waals surface area contributed by atoms with Crippen LogP contribution in [0.2, 0.25) is 0 Å². The Labute approximate surface area is 133 Å². The third kappa shape index (κ3) is 4.85. The number of aromatic nitrogens is 2. The standard InChI is InChI=1S/C16H28N4S/c1-11-9-20(10-12(2)21-11)15-17-7-14(13(3)19-15)8-18-16(4,5)6/h7,11-12,18H,8-10H2,1-6H3. The molecule has 21 heavy (non-hydrogen) atoms. The van der Waals surface area contributed by atoms with Gasteiger partial charge in [-0.15, -0.1) is 0 Å². The lowest BCUT2D eigenvalue weighted by Gasteiger charge is -2.34. The molecule has 0 radical (unpaired) electrons. The van der Waals surface area contributed by atoms with Gasteiger partial charge >= 0.3 is 0 Å². The van der Waals surface area contributed by atoms with Gasteiger partial charge in [-0.2, -0.15) is 11.8 Å². The second-order valence-electron chi connectivity index (χ2n) is 7.05. The molecule has 5 heteroatoms. The van der Waals surface area contributed by atoms with Crippen LogP contribution in [0.1, 0.15) is 45.9 Å². The number of aryl methyl sites for hydroxylation is 1. The molecule has 1 aromatic heterocycles. The quantitative estimate of drug-likeness (QED) is 0.929. The van der Waals surface area contributed by atoms with E-state index >= 15 is 0 Å². The number of nitrogens with one attached hydrogen (secondary N) is 1. The zero-order valence-corrected chi connectivity index (χ0v) is 14.9. The lowest BCUT2D eigenvalue weighted by molar-refractivity contribution is 0.423. The Morgan fingerprint density at radius 1 is 1.29 bits per heavy atom. The molecule has 2 heterocycles. The normalized spacial score (nSPS) is 23.4. The average Bonchev–Trinajstić information content (AvgIpc) is 2.35. The fourth-order valence-corrected chi connectivity index (χ4v) is 3.83. The van der Waals surface area contributed by atoms with Crippen LogP contribution in [-0.2, 0) is 6.54 Å². The van der Waals surface area contributed by atoms with Crippen LogP contribution in [0.4, 0.5) is 5.95 Å². The van der Waals surface area contributed by atoms with E-state index < -0.39 is 0 Å². The maximum absolute atomic E-state index is 4.73. The smallest absolute Gasteiger partial charge is 0.225 e. The Hall–Kier alpha value is -0.810. The van der Waals surface area contributed by atoms with Crippen LogP contribution in [0, 0.1) is 6.92 Å². The van der Waals surface area contributed by atoms with Crippen molar-refractivity contribution in [3.05, 3.63) is 17.5 Å². The SMILES string of the molecule is Cc1nc(N2CC(C)SC(C)C2)ncc1CNC(C)(C)C. The number of anilines is 1. The maximum Gasteiger partial charge on any atom is 0.225 e. The Balaban J connectivity index is 2.08. The first-order chi connectivity index (χ1) is 9.74. The molecule has 1 saturated heterocycles. The van der Waals surface area contributed by atoms with E-state index in [2.05, 4.69) is 68.5 Å². The van der Waals surface area contributed by atoms with Crippen LogP contribution in [0.5, 0.6) is 0 Å². The van der Waals surface area contributed by atoms with Crippen LogP contribution in [0.3, 0.4) is 0 Å². The van der Waals surface area contributed by atoms with E-state index in [0.717, 1.165) is 31.3 Å². The second-order valence-corrected chi connectivity index (χ2v) is 8.93. The Bertz CT molecular complexity index is 474. The van der Waals surface area contributed by atoms with Gasteiger partial charge in [0, 0.05) is 53.1 Å². The molecule has 2 rings (SSSR count). The van der Waals surface area contributed by atoms with Gasteiger partial charge in [-0.05, 0) is 27.7 Å². The molecule has 0 amide bonds. The lowest BCUT2D eigenvalue weighted by Crippen LogP contribution is -2.41.